The minimum atomic E-state index is -0.197. The maximum atomic E-state index is 12.8. The molecule has 28 heavy (non-hydrogen) atoms. The van der Waals surface area contributed by atoms with Gasteiger partial charge in [0.15, 0.2) is 0 Å². The smallest absolute Gasteiger partial charge is 0.318 e. The first-order chi connectivity index (χ1) is 13.7. The summed E-state index contributed by atoms with van der Waals surface area (Å²) < 4.78 is 0. The minimum Gasteiger partial charge on any atom is -0.394 e. The lowest BCUT2D eigenvalue weighted by Crippen LogP contribution is -2.47. The van der Waals surface area contributed by atoms with E-state index in [2.05, 4.69) is 27.3 Å². The topological polar surface area (TPSA) is 68.7 Å². The van der Waals surface area contributed by atoms with Crippen molar-refractivity contribution < 1.29 is 9.90 Å². The van der Waals surface area contributed by atoms with Crippen LogP contribution in [0, 0.1) is 0 Å². The summed E-state index contributed by atoms with van der Waals surface area (Å²) in [6.45, 7) is 5.14. The third-order valence-corrected chi connectivity index (χ3v) is 5.26. The Bertz CT molecular complexity index is 728. The van der Waals surface area contributed by atoms with E-state index >= 15 is 0 Å². The Morgan fingerprint density at radius 3 is 2.57 bits per heavy atom. The molecule has 1 aliphatic heterocycles. The fourth-order valence-electron chi connectivity index (χ4n) is 3.31. The average Bonchev–Trinajstić information content (AvgIpc) is 2.69. The molecule has 1 atom stereocenters. The second kappa shape index (κ2) is 10.1. The summed E-state index contributed by atoms with van der Waals surface area (Å²) in [7, 11) is 0. The number of benzene rings is 1. The van der Waals surface area contributed by atoms with Crippen LogP contribution < -0.4 is 10.2 Å². The van der Waals surface area contributed by atoms with E-state index in [0.717, 1.165) is 36.5 Å². The van der Waals surface area contributed by atoms with Crippen LogP contribution >= 0.6 is 0 Å². The van der Waals surface area contributed by atoms with Crippen LogP contribution in [0.2, 0.25) is 0 Å². The minimum absolute atomic E-state index is 0.0430. The molecule has 150 valence electrons. The van der Waals surface area contributed by atoms with Gasteiger partial charge in [0.25, 0.3) is 0 Å². The summed E-state index contributed by atoms with van der Waals surface area (Å²) in [4.78, 5) is 21.3. The van der Waals surface area contributed by atoms with Crippen LogP contribution in [0.3, 0.4) is 0 Å². The first-order valence-corrected chi connectivity index (χ1v) is 10.1. The number of hydrogen-bond acceptors (Lipinski definition) is 4. The van der Waals surface area contributed by atoms with Gasteiger partial charge in [-0.1, -0.05) is 43.3 Å². The van der Waals surface area contributed by atoms with Gasteiger partial charge in [-0.2, -0.15) is 0 Å². The van der Waals surface area contributed by atoms with E-state index in [1.54, 1.807) is 4.90 Å². The molecule has 0 bridgehead atoms. The largest absolute Gasteiger partial charge is 0.394 e. The normalized spacial score (nSPS) is 14.3. The highest BCUT2D eigenvalue weighted by Crippen LogP contribution is 2.17. The molecular weight excluding hydrogens is 352 g/mol. The number of carbonyl (C=O) groups excluding carboxylic acids is 1. The number of amides is 2. The van der Waals surface area contributed by atoms with Crippen LogP contribution in [0.15, 0.2) is 48.7 Å². The SMILES string of the molecule is CC[C@@H](CO)N(Cc1ccccc1)C(=O)NCCc1ccc(N2CCC2)nc1. The van der Waals surface area contributed by atoms with Gasteiger partial charge in [-0.05, 0) is 36.5 Å². The molecule has 1 aromatic heterocycles. The van der Waals surface area contributed by atoms with Crippen LogP contribution in [0.25, 0.3) is 0 Å². The summed E-state index contributed by atoms with van der Waals surface area (Å²) in [5.74, 6) is 1.03. The highest BCUT2D eigenvalue weighted by molar-refractivity contribution is 5.74. The van der Waals surface area contributed by atoms with Crippen LogP contribution in [0.4, 0.5) is 10.6 Å². The second-order valence-electron chi connectivity index (χ2n) is 7.21. The predicted molar refractivity (Wildman–Crippen MR) is 111 cm³/mol. The molecule has 0 spiro atoms. The number of nitrogens with zero attached hydrogens (tertiary/aromatic N) is 3. The number of pyridine rings is 1. The molecule has 1 saturated heterocycles. The molecule has 2 aromatic rings. The van der Waals surface area contributed by atoms with Crippen molar-refractivity contribution in [3.8, 4) is 0 Å². The highest BCUT2D eigenvalue weighted by atomic mass is 16.3. The summed E-state index contributed by atoms with van der Waals surface area (Å²) in [5, 5.41) is 12.7. The van der Waals surface area contributed by atoms with Crippen LogP contribution in [-0.2, 0) is 13.0 Å². The maximum Gasteiger partial charge on any atom is 0.318 e. The van der Waals surface area contributed by atoms with Crippen LogP contribution in [0.5, 0.6) is 0 Å². The zero-order chi connectivity index (χ0) is 19.8. The van der Waals surface area contributed by atoms with E-state index in [4.69, 9.17) is 0 Å². The first kappa shape index (κ1) is 20.1. The zero-order valence-corrected chi connectivity index (χ0v) is 16.6. The highest BCUT2D eigenvalue weighted by Gasteiger charge is 2.22. The fraction of sp³-hybridized carbons (Fsp3) is 0.455. The fourth-order valence-corrected chi connectivity index (χ4v) is 3.31. The lowest BCUT2D eigenvalue weighted by Gasteiger charge is -2.32. The van der Waals surface area contributed by atoms with Crippen LogP contribution in [-0.4, -0.2) is 53.3 Å². The molecule has 6 nitrogen and oxygen atoms in total. The summed E-state index contributed by atoms with van der Waals surface area (Å²) in [5.41, 5.74) is 2.16. The lowest BCUT2D eigenvalue weighted by molar-refractivity contribution is 0.126. The summed E-state index contributed by atoms with van der Waals surface area (Å²) in [6.07, 6.45) is 4.57. The lowest BCUT2D eigenvalue weighted by atomic mass is 10.1. The number of rotatable bonds is 9. The van der Waals surface area contributed by atoms with E-state index in [-0.39, 0.29) is 18.7 Å². The van der Waals surface area contributed by atoms with E-state index in [0.29, 0.717) is 19.5 Å². The molecule has 6 heteroatoms. The zero-order valence-electron chi connectivity index (χ0n) is 16.6. The Labute approximate surface area is 167 Å². The second-order valence-corrected chi connectivity index (χ2v) is 7.21. The van der Waals surface area contributed by atoms with Gasteiger partial charge in [-0.15, -0.1) is 0 Å². The third-order valence-electron chi connectivity index (χ3n) is 5.26. The molecule has 1 fully saturated rings. The van der Waals surface area contributed by atoms with E-state index in [1.807, 2.05) is 43.5 Å². The van der Waals surface area contributed by atoms with Crippen molar-refractivity contribution in [2.75, 3.05) is 31.1 Å². The molecule has 2 amide bonds. The Hall–Kier alpha value is -2.60. The Balaban J connectivity index is 1.53. The number of urea groups is 1. The molecule has 1 aliphatic rings. The number of nitrogens with one attached hydrogen (secondary N) is 1. The summed E-state index contributed by atoms with van der Waals surface area (Å²) >= 11 is 0. The van der Waals surface area contributed by atoms with Crippen molar-refractivity contribution >= 4 is 11.8 Å². The predicted octanol–water partition coefficient (Wildman–Crippen LogP) is 2.82. The first-order valence-electron chi connectivity index (χ1n) is 10.1. The molecule has 3 rings (SSSR count). The number of carbonyl (C=O) groups is 1. The number of aliphatic hydroxyl groups excluding tert-OH is 1. The third kappa shape index (κ3) is 5.23. The van der Waals surface area contributed by atoms with Gasteiger partial charge < -0.3 is 20.2 Å². The maximum absolute atomic E-state index is 12.8. The van der Waals surface area contributed by atoms with Gasteiger partial charge in [0.05, 0.1) is 12.6 Å². The van der Waals surface area contributed by atoms with Gasteiger partial charge in [-0.25, -0.2) is 9.78 Å². The van der Waals surface area contributed by atoms with Crippen molar-refractivity contribution in [2.45, 2.75) is 38.8 Å². The van der Waals surface area contributed by atoms with Gasteiger partial charge in [0, 0.05) is 32.4 Å². The Morgan fingerprint density at radius 2 is 2.00 bits per heavy atom. The molecule has 2 N–H and O–H groups in total. The number of hydrogen-bond donors (Lipinski definition) is 2. The van der Waals surface area contributed by atoms with Gasteiger partial charge in [0.1, 0.15) is 5.82 Å². The van der Waals surface area contributed by atoms with Gasteiger partial charge in [0.2, 0.25) is 0 Å². The van der Waals surface area contributed by atoms with Gasteiger partial charge in [-0.3, -0.25) is 0 Å². The van der Waals surface area contributed by atoms with E-state index in [1.165, 1.54) is 6.42 Å². The van der Waals surface area contributed by atoms with Gasteiger partial charge >= 0.3 is 6.03 Å². The number of aliphatic hydroxyl groups is 1. The monoisotopic (exact) mass is 382 g/mol. The standard InChI is InChI=1S/C22H30N4O2/c1-2-20(17-27)26(16-19-7-4-3-5-8-19)22(28)23-12-11-18-9-10-21(24-15-18)25-13-6-14-25/h3-5,7-10,15,20,27H,2,6,11-14,16-17H2,1H3,(H,23,28)/t20-/m0/s1. The van der Waals surface area contributed by atoms with Crippen LogP contribution in [0.1, 0.15) is 30.9 Å². The quantitative estimate of drug-likeness (QED) is 0.700. The van der Waals surface area contributed by atoms with Crippen molar-refractivity contribution in [1.29, 1.82) is 0 Å². The Morgan fingerprint density at radius 1 is 1.21 bits per heavy atom. The molecule has 1 aromatic carbocycles. The van der Waals surface area contributed by atoms with Crippen molar-refractivity contribution in [1.82, 2.24) is 15.2 Å². The average molecular weight is 383 g/mol. The van der Waals surface area contributed by atoms with E-state index < -0.39 is 0 Å². The van der Waals surface area contributed by atoms with Crippen molar-refractivity contribution in [3.63, 3.8) is 0 Å². The molecule has 2 heterocycles. The van der Waals surface area contributed by atoms with E-state index in [9.17, 15) is 9.90 Å². The molecule has 0 radical (unpaired) electrons. The molecule has 0 saturated carbocycles. The molecule has 0 aliphatic carbocycles. The Kier molecular flexibility index (Phi) is 7.25. The molecular formula is C22H30N4O2. The number of aromatic nitrogens is 1. The summed E-state index contributed by atoms with van der Waals surface area (Å²) in [6, 6.07) is 13.7. The number of anilines is 1. The van der Waals surface area contributed by atoms with Crippen molar-refractivity contribution in [3.05, 3.63) is 59.8 Å². The van der Waals surface area contributed by atoms with Crippen molar-refractivity contribution in [2.24, 2.45) is 0 Å². The molecule has 0 unspecified atom stereocenters.